The molecule has 0 aromatic carbocycles. The second-order valence-corrected chi connectivity index (χ2v) is 8.11. The van der Waals surface area contributed by atoms with Gasteiger partial charge in [-0.05, 0) is 32.9 Å². The van der Waals surface area contributed by atoms with Gasteiger partial charge in [0.05, 0.1) is 12.1 Å². The Kier molecular flexibility index (Phi) is 6.15. The highest BCUT2D eigenvalue weighted by molar-refractivity contribution is 7.87. The lowest BCUT2D eigenvalue weighted by Gasteiger charge is -2.36. The molecule has 0 aliphatic carbocycles. The maximum Gasteiger partial charge on any atom is 0.279 e. The normalized spacial score (nSPS) is 23.5. The summed E-state index contributed by atoms with van der Waals surface area (Å²) in [5.41, 5.74) is 0. The average Bonchev–Trinajstić information content (AvgIpc) is 2.87. The minimum atomic E-state index is -3.51. The quantitative estimate of drug-likeness (QED) is 0.690. The van der Waals surface area contributed by atoms with Crippen LogP contribution >= 0.6 is 0 Å². The van der Waals surface area contributed by atoms with Crippen LogP contribution in [0.25, 0.3) is 0 Å². The summed E-state index contributed by atoms with van der Waals surface area (Å²) in [4.78, 5) is 6.37. The fraction of sp³-hybridized carbons (Fsp3) is 0.786. The van der Waals surface area contributed by atoms with Crippen LogP contribution in [0.4, 0.5) is 0 Å². The largest absolute Gasteiger partial charge is 0.390 e. The van der Waals surface area contributed by atoms with Gasteiger partial charge in [-0.15, -0.1) is 0 Å². The van der Waals surface area contributed by atoms with E-state index in [1.807, 2.05) is 13.1 Å². The number of imidazole rings is 1. The molecule has 2 atom stereocenters. The highest BCUT2D eigenvalue weighted by Crippen LogP contribution is 2.13. The van der Waals surface area contributed by atoms with E-state index in [-0.39, 0.29) is 0 Å². The second kappa shape index (κ2) is 7.71. The minimum absolute atomic E-state index is 0.422. The Balaban J connectivity index is 1.76. The zero-order valence-electron chi connectivity index (χ0n) is 14.0. The van der Waals surface area contributed by atoms with Gasteiger partial charge in [-0.1, -0.05) is 0 Å². The lowest BCUT2D eigenvalue weighted by Crippen LogP contribution is -2.55. The molecule has 0 unspecified atom stereocenters. The number of hydrogen-bond donors (Lipinski definition) is 2. The molecule has 8 nitrogen and oxygen atoms in total. The van der Waals surface area contributed by atoms with E-state index < -0.39 is 22.4 Å². The van der Waals surface area contributed by atoms with Crippen molar-refractivity contribution in [3.8, 4) is 0 Å². The van der Waals surface area contributed by atoms with E-state index in [2.05, 4.69) is 19.2 Å². The smallest absolute Gasteiger partial charge is 0.279 e. The fourth-order valence-corrected chi connectivity index (χ4v) is 3.61. The van der Waals surface area contributed by atoms with E-state index in [1.165, 1.54) is 14.1 Å². The van der Waals surface area contributed by atoms with Crippen LogP contribution in [0.2, 0.25) is 0 Å². The molecule has 0 spiro atoms. The molecule has 2 heterocycles. The summed E-state index contributed by atoms with van der Waals surface area (Å²) in [7, 11) is -0.557. The first-order valence-corrected chi connectivity index (χ1v) is 9.31. The molecule has 1 aromatic rings. The van der Waals surface area contributed by atoms with Crippen LogP contribution in [0.1, 0.15) is 18.7 Å². The molecule has 1 aliphatic heterocycles. The molecule has 1 aromatic heterocycles. The van der Waals surface area contributed by atoms with E-state index >= 15 is 0 Å². The number of rotatable bonds is 7. The van der Waals surface area contributed by atoms with Crippen molar-refractivity contribution < 1.29 is 13.5 Å². The lowest BCUT2D eigenvalue weighted by atomic mass is 10.0. The molecule has 0 bridgehead atoms. The van der Waals surface area contributed by atoms with E-state index in [0.29, 0.717) is 13.0 Å². The first-order valence-electron chi connectivity index (χ1n) is 7.87. The van der Waals surface area contributed by atoms with Crippen molar-refractivity contribution in [1.82, 2.24) is 23.5 Å². The maximum absolute atomic E-state index is 11.8. The molecule has 0 saturated carbocycles. The van der Waals surface area contributed by atoms with Crippen molar-refractivity contribution in [3.05, 3.63) is 18.2 Å². The van der Waals surface area contributed by atoms with Gasteiger partial charge in [0, 0.05) is 39.6 Å². The average molecular weight is 345 g/mol. The monoisotopic (exact) mass is 345 g/mol. The van der Waals surface area contributed by atoms with E-state index in [1.54, 1.807) is 6.20 Å². The van der Waals surface area contributed by atoms with Crippen LogP contribution in [-0.2, 0) is 16.8 Å². The van der Waals surface area contributed by atoms with Crippen LogP contribution in [0, 0.1) is 6.92 Å². The predicted molar refractivity (Wildman–Crippen MR) is 88.2 cm³/mol. The Morgan fingerprint density at radius 1 is 1.43 bits per heavy atom. The Morgan fingerprint density at radius 2 is 2.17 bits per heavy atom. The summed E-state index contributed by atoms with van der Waals surface area (Å²) in [5.74, 6) is 1.00. The fourth-order valence-electron chi connectivity index (χ4n) is 2.74. The van der Waals surface area contributed by atoms with E-state index in [9.17, 15) is 13.5 Å². The zero-order chi connectivity index (χ0) is 17.0. The molecule has 2 N–H and O–H groups in total. The molecule has 1 saturated heterocycles. The Bertz CT molecular complexity index is 601. The number of nitrogens with zero attached hydrogens (tertiary/aromatic N) is 4. The first-order chi connectivity index (χ1) is 10.8. The number of hydrogen-bond acceptors (Lipinski definition) is 5. The highest BCUT2D eigenvalue weighted by atomic mass is 32.2. The third kappa shape index (κ3) is 4.98. The second-order valence-electron chi connectivity index (χ2n) is 6.19. The lowest BCUT2D eigenvalue weighted by molar-refractivity contribution is 0.0467. The number of aryl methyl sites for hydroxylation is 2. The number of aliphatic hydroxyl groups excluding tert-OH is 1. The van der Waals surface area contributed by atoms with Crippen LogP contribution in [0.3, 0.4) is 0 Å². The van der Waals surface area contributed by atoms with Crippen LogP contribution in [0.15, 0.2) is 12.4 Å². The molecule has 0 amide bonds. The highest BCUT2D eigenvalue weighted by Gasteiger charge is 2.31. The Morgan fingerprint density at radius 3 is 2.74 bits per heavy atom. The summed E-state index contributed by atoms with van der Waals surface area (Å²) < 4.78 is 29.5. The van der Waals surface area contributed by atoms with Gasteiger partial charge in [0.1, 0.15) is 5.82 Å². The topological polar surface area (TPSA) is 90.7 Å². The van der Waals surface area contributed by atoms with Crippen molar-refractivity contribution in [2.45, 2.75) is 38.5 Å². The third-order valence-corrected chi connectivity index (χ3v) is 5.81. The van der Waals surface area contributed by atoms with Crippen molar-refractivity contribution >= 4 is 10.2 Å². The van der Waals surface area contributed by atoms with Crippen LogP contribution in [-0.4, -0.2) is 78.2 Å². The van der Waals surface area contributed by atoms with Gasteiger partial charge < -0.3 is 14.6 Å². The van der Waals surface area contributed by atoms with Crippen molar-refractivity contribution in [2.75, 3.05) is 33.7 Å². The summed E-state index contributed by atoms with van der Waals surface area (Å²) >= 11 is 0. The van der Waals surface area contributed by atoms with Gasteiger partial charge in [-0.3, -0.25) is 0 Å². The van der Waals surface area contributed by atoms with Gasteiger partial charge in [0.15, 0.2) is 0 Å². The zero-order valence-corrected chi connectivity index (χ0v) is 14.8. The number of aromatic nitrogens is 2. The molecule has 2 rings (SSSR count). The molecule has 1 aliphatic rings. The SMILES string of the molecule is Cc1nccn1CCCN1CC[C@@H](NS(=O)(=O)N(C)C)[C@H](O)C1. The molecular formula is C14H27N5O3S. The van der Waals surface area contributed by atoms with E-state index in [0.717, 1.165) is 36.2 Å². The first kappa shape index (κ1) is 18.3. The number of aliphatic hydroxyl groups is 1. The third-order valence-electron chi connectivity index (χ3n) is 4.24. The molecule has 132 valence electrons. The molecule has 9 heteroatoms. The summed E-state index contributed by atoms with van der Waals surface area (Å²) in [6.45, 7) is 5.02. The predicted octanol–water partition coefficient (Wildman–Crippen LogP) is -0.587. The number of likely N-dealkylation sites (tertiary alicyclic amines) is 1. The molecule has 0 radical (unpaired) electrons. The molecule has 23 heavy (non-hydrogen) atoms. The van der Waals surface area contributed by atoms with Crippen molar-refractivity contribution in [1.29, 1.82) is 0 Å². The number of piperidine rings is 1. The van der Waals surface area contributed by atoms with Gasteiger partial charge in [0.2, 0.25) is 0 Å². The van der Waals surface area contributed by atoms with Crippen molar-refractivity contribution in [3.63, 3.8) is 0 Å². The minimum Gasteiger partial charge on any atom is -0.390 e. The Labute approximate surface area is 138 Å². The number of nitrogens with one attached hydrogen (secondary N) is 1. The maximum atomic E-state index is 11.8. The van der Waals surface area contributed by atoms with Gasteiger partial charge in [0.25, 0.3) is 10.2 Å². The van der Waals surface area contributed by atoms with Gasteiger partial charge in [-0.25, -0.2) is 4.98 Å². The van der Waals surface area contributed by atoms with Crippen molar-refractivity contribution in [2.24, 2.45) is 0 Å². The number of β-amino-alcohol motifs (C(OH)–C–C–N with tert-alkyl or cyclic N) is 1. The molecular weight excluding hydrogens is 318 g/mol. The van der Waals surface area contributed by atoms with Crippen LogP contribution in [0.5, 0.6) is 0 Å². The summed E-state index contributed by atoms with van der Waals surface area (Å²) in [6, 6.07) is -0.422. The van der Waals surface area contributed by atoms with E-state index in [4.69, 9.17) is 0 Å². The Hall–Kier alpha value is -1.00. The van der Waals surface area contributed by atoms with Gasteiger partial charge >= 0.3 is 0 Å². The van der Waals surface area contributed by atoms with Crippen LogP contribution < -0.4 is 4.72 Å². The summed E-state index contributed by atoms with van der Waals surface area (Å²) in [6.07, 6.45) is 4.65. The molecule has 1 fully saturated rings. The standard InChI is InChI=1S/C14H27N5O3S/c1-12-15-6-10-19(12)8-4-7-18-9-5-13(14(20)11-18)16-23(21,22)17(2)3/h6,10,13-14,16,20H,4-5,7-9,11H2,1-3H3/t13-,14-/m1/s1. The summed E-state index contributed by atoms with van der Waals surface area (Å²) in [5, 5.41) is 10.2. The van der Waals surface area contributed by atoms with Gasteiger partial charge in [-0.2, -0.15) is 17.4 Å².